The SMILES string of the molecule is Cc1cc(S(=O)(=O)NC(C)c2ccccc2)c(C)s1. The smallest absolute Gasteiger partial charge is 0.207 e. The van der Waals surface area contributed by atoms with Crippen LogP contribution in [0, 0.1) is 13.8 Å². The minimum absolute atomic E-state index is 0.245. The monoisotopic (exact) mass is 295 g/mol. The number of thiophene rings is 1. The summed E-state index contributed by atoms with van der Waals surface area (Å²) in [5.41, 5.74) is 0.954. The zero-order chi connectivity index (χ0) is 14.0. The molecular formula is C14H17NO2S2. The summed E-state index contributed by atoms with van der Waals surface area (Å²) in [5.74, 6) is 0. The van der Waals surface area contributed by atoms with E-state index in [1.54, 1.807) is 6.07 Å². The molecule has 1 heterocycles. The van der Waals surface area contributed by atoms with Crippen LogP contribution in [0.5, 0.6) is 0 Å². The number of rotatable bonds is 4. The third-order valence-corrected chi connectivity index (χ3v) is 5.68. The molecule has 5 heteroatoms. The third kappa shape index (κ3) is 3.23. The van der Waals surface area contributed by atoms with Gasteiger partial charge in [0.2, 0.25) is 10.0 Å². The summed E-state index contributed by atoms with van der Waals surface area (Å²) in [7, 11) is -3.46. The van der Waals surface area contributed by atoms with Crippen LogP contribution in [0.15, 0.2) is 41.3 Å². The molecule has 2 aromatic rings. The van der Waals surface area contributed by atoms with E-state index in [-0.39, 0.29) is 6.04 Å². The van der Waals surface area contributed by atoms with Gasteiger partial charge in [0.05, 0.1) is 4.90 Å². The highest BCUT2D eigenvalue weighted by atomic mass is 32.2. The first-order valence-electron chi connectivity index (χ1n) is 6.04. The summed E-state index contributed by atoms with van der Waals surface area (Å²) in [6.45, 7) is 5.60. The van der Waals surface area contributed by atoms with E-state index in [0.717, 1.165) is 15.3 Å². The van der Waals surface area contributed by atoms with Crippen molar-refractivity contribution in [3.8, 4) is 0 Å². The lowest BCUT2D eigenvalue weighted by Crippen LogP contribution is -2.27. The Bertz CT molecular complexity index is 660. The van der Waals surface area contributed by atoms with Crippen LogP contribution in [-0.2, 0) is 10.0 Å². The Morgan fingerprint density at radius 1 is 1.16 bits per heavy atom. The molecule has 0 fully saturated rings. The summed E-state index contributed by atoms with van der Waals surface area (Å²) in [5, 5.41) is 0. The lowest BCUT2D eigenvalue weighted by Gasteiger charge is -2.14. The normalized spacial score (nSPS) is 13.4. The van der Waals surface area contributed by atoms with Gasteiger partial charge in [-0.25, -0.2) is 13.1 Å². The van der Waals surface area contributed by atoms with Crippen molar-refractivity contribution in [3.63, 3.8) is 0 Å². The molecule has 0 bridgehead atoms. The van der Waals surface area contributed by atoms with Crippen LogP contribution >= 0.6 is 11.3 Å². The second-order valence-corrected chi connectivity index (χ2v) is 7.67. The van der Waals surface area contributed by atoms with Gasteiger partial charge in [-0.3, -0.25) is 0 Å². The van der Waals surface area contributed by atoms with Gasteiger partial charge in [0.1, 0.15) is 0 Å². The largest absolute Gasteiger partial charge is 0.242 e. The van der Waals surface area contributed by atoms with Crippen LogP contribution in [0.1, 0.15) is 28.3 Å². The second-order valence-electron chi connectivity index (χ2n) is 4.53. The highest BCUT2D eigenvalue weighted by molar-refractivity contribution is 7.89. The summed E-state index contributed by atoms with van der Waals surface area (Å²) in [6, 6.07) is 11.0. The zero-order valence-corrected chi connectivity index (χ0v) is 12.8. The van der Waals surface area contributed by atoms with Gasteiger partial charge >= 0.3 is 0 Å². The van der Waals surface area contributed by atoms with E-state index in [0.29, 0.717) is 4.90 Å². The predicted octanol–water partition coefficient (Wildman–Crippen LogP) is 3.40. The van der Waals surface area contributed by atoms with E-state index in [2.05, 4.69) is 4.72 Å². The summed E-state index contributed by atoms with van der Waals surface area (Å²) < 4.78 is 27.4. The number of hydrogen-bond donors (Lipinski definition) is 1. The van der Waals surface area contributed by atoms with E-state index in [1.165, 1.54) is 11.3 Å². The molecule has 2 rings (SSSR count). The molecule has 1 unspecified atom stereocenters. The Kier molecular flexibility index (Phi) is 4.08. The molecule has 102 valence electrons. The quantitative estimate of drug-likeness (QED) is 0.939. The van der Waals surface area contributed by atoms with Gasteiger partial charge in [-0.15, -0.1) is 11.3 Å². The Balaban J connectivity index is 2.25. The summed E-state index contributed by atoms with van der Waals surface area (Å²) in [4.78, 5) is 2.22. The maximum absolute atomic E-state index is 12.3. The van der Waals surface area contributed by atoms with Crippen LogP contribution in [0.4, 0.5) is 0 Å². The molecule has 0 spiro atoms. The molecule has 0 saturated heterocycles. The van der Waals surface area contributed by atoms with E-state index in [1.807, 2.05) is 51.1 Å². The van der Waals surface area contributed by atoms with Crippen LogP contribution in [0.25, 0.3) is 0 Å². The highest BCUT2D eigenvalue weighted by Crippen LogP contribution is 2.26. The van der Waals surface area contributed by atoms with Gasteiger partial charge < -0.3 is 0 Å². The maximum atomic E-state index is 12.3. The number of hydrogen-bond acceptors (Lipinski definition) is 3. The van der Waals surface area contributed by atoms with Crippen LogP contribution in [0.3, 0.4) is 0 Å². The van der Waals surface area contributed by atoms with E-state index < -0.39 is 10.0 Å². The predicted molar refractivity (Wildman–Crippen MR) is 79.0 cm³/mol. The van der Waals surface area contributed by atoms with E-state index >= 15 is 0 Å². The molecular weight excluding hydrogens is 278 g/mol. The van der Waals surface area contributed by atoms with Crippen molar-refractivity contribution in [1.82, 2.24) is 4.72 Å². The number of sulfonamides is 1. The topological polar surface area (TPSA) is 46.2 Å². The molecule has 3 nitrogen and oxygen atoms in total. The molecule has 1 atom stereocenters. The Morgan fingerprint density at radius 2 is 1.79 bits per heavy atom. The molecule has 19 heavy (non-hydrogen) atoms. The third-order valence-electron chi connectivity index (χ3n) is 2.92. The van der Waals surface area contributed by atoms with Gasteiger partial charge in [-0.2, -0.15) is 0 Å². The van der Waals surface area contributed by atoms with Gasteiger partial charge in [-0.1, -0.05) is 30.3 Å². The lowest BCUT2D eigenvalue weighted by atomic mass is 10.1. The van der Waals surface area contributed by atoms with Gasteiger partial charge in [0, 0.05) is 15.8 Å². The Morgan fingerprint density at radius 3 is 2.32 bits per heavy atom. The van der Waals surface area contributed by atoms with E-state index in [9.17, 15) is 8.42 Å². The maximum Gasteiger partial charge on any atom is 0.242 e. The fourth-order valence-electron chi connectivity index (χ4n) is 1.98. The molecule has 0 radical (unpaired) electrons. The van der Waals surface area contributed by atoms with Gasteiger partial charge in [0.25, 0.3) is 0 Å². The fourth-order valence-corrected chi connectivity index (χ4v) is 4.77. The van der Waals surface area contributed by atoms with Crippen molar-refractivity contribution in [2.24, 2.45) is 0 Å². The van der Waals surface area contributed by atoms with Crippen LogP contribution in [0.2, 0.25) is 0 Å². The first-order valence-corrected chi connectivity index (χ1v) is 8.34. The van der Waals surface area contributed by atoms with Gasteiger partial charge in [0.15, 0.2) is 0 Å². The number of benzene rings is 1. The van der Waals surface area contributed by atoms with Crippen molar-refractivity contribution in [2.45, 2.75) is 31.7 Å². The molecule has 0 saturated carbocycles. The molecule has 0 aliphatic carbocycles. The minimum atomic E-state index is -3.46. The highest BCUT2D eigenvalue weighted by Gasteiger charge is 2.21. The molecule has 0 amide bonds. The zero-order valence-electron chi connectivity index (χ0n) is 11.2. The Hall–Kier alpha value is -1.17. The van der Waals surface area contributed by atoms with Crippen LogP contribution in [-0.4, -0.2) is 8.42 Å². The molecule has 0 aliphatic rings. The summed E-state index contributed by atoms with van der Waals surface area (Å²) >= 11 is 1.50. The van der Waals surface area contributed by atoms with Crippen molar-refractivity contribution in [3.05, 3.63) is 51.7 Å². The van der Waals surface area contributed by atoms with Crippen molar-refractivity contribution in [2.75, 3.05) is 0 Å². The first kappa shape index (κ1) is 14.2. The van der Waals surface area contributed by atoms with Gasteiger partial charge in [-0.05, 0) is 32.4 Å². The van der Waals surface area contributed by atoms with Crippen molar-refractivity contribution < 1.29 is 8.42 Å². The van der Waals surface area contributed by atoms with Crippen molar-refractivity contribution >= 4 is 21.4 Å². The molecule has 0 aliphatic heterocycles. The lowest BCUT2D eigenvalue weighted by molar-refractivity contribution is 0.567. The average Bonchev–Trinajstić information content (AvgIpc) is 2.70. The number of nitrogens with one attached hydrogen (secondary N) is 1. The number of aryl methyl sites for hydroxylation is 2. The minimum Gasteiger partial charge on any atom is -0.207 e. The molecule has 1 aromatic carbocycles. The van der Waals surface area contributed by atoms with E-state index in [4.69, 9.17) is 0 Å². The first-order chi connectivity index (χ1) is 8.90. The molecule has 1 N–H and O–H groups in total. The Labute approximate surface area is 118 Å². The van der Waals surface area contributed by atoms with Crippen molar-refractivity contribution in [1.29, 1.82) is 0 Å². The average molecular weight is 295 g/mol. The molecule has 1 aromatic heterocycles. The summed E-state index contributed by atoms with van der Waals surface area (Å²) in [6.07, 6.45) is 0. The van der Waals surface area contributed by atoms with Crippen LogP contribution < -0.4 is 4.72 Å². The fraction of sp³-hybridized carbons (Fsp3) is 0.286. The standard InChI is InChI=1S/C14H17NO2S2/c1-10-9-14(12(3)18-10)19(16,17)15-11(2)13-7-5-4-6-8-13/h4-9,11,15H,1-3H3. The second kappa shape index (κ2) is 5.45.